The number of aromatic nitrogens is 3. The van der Waals surface area contributed by atoms with Crippen LogP contribution < -0.4 is 15.1 Å². The topological polar surface area (TPSA) is 95.9 Å². The maximum Gasteiger partial charge on any atom is 0.350 e. The molecule has 33 heavy (non-hydrogen) atoms. The zero-order valence-electron chi connectivity index (χ0n) is 19.8. The number of aryl methyl sites for hydroxylation is 1. The summed E-state index contributed by atoms with van der Waals surface area (Å²) in [7, 11) is 4.29. The lowest BCUT2D eigenvalue weighted by molar-refractivity contribution is 0.0531. The van der Waals surface area contributed by atoms with Gasteiger partial charge < -0.3 is 24.2 Å². The normalized spacial score (nSPS) is 17.5. The number of rotatable bonds is 7. The van der Waals surface area contributed by atoms with Crippen LogP contribution in [0.15, 0.2) is 6.07 Å². The average molecular weight is 476 g/mol. The fourth-order valence-corrected chi connectivity index (χ4v) is 4.99. The van der Waals surface area contributed by atoms with Crippen molar-refractivity contribution in [3.8, 4) is 0 Å². The molecule has 10 nitrogen and oxygen atoms in total. The molecule has 1 N–H and O–H groups in total. The number of hydrogen-bond donors (Lipinski definition) is 1. The van der Waals surface area contributed by atoms with Gasteiger partial charge in [0.2, 0.25) is 5.95 Å². The molecule has 0 spiro atoms. The smallest absolute Gasteiger partial charge is 0.350 e. The summed E-state index contributed by atoms with van der Waals surface area (Å²) in [6, 6.07) is 2.67. The molecule has 0 aromatic carbocycles. The van der Waals surface area contributed by atoms with Gasteiger partial charge in [-0.15, -0.1) is 0 Å². The van der Waals surface area contributed by atoms with Crippen molar-refractivity contribution >= 4 is 40.0 Å². The van der Waals surface area contributed by atoms with Crippen molar-refractivity contribution in [2.24, 2.45) is 0 Å². The zero-order chi connectivity index (χ0) is 23.4. The van der Waals surface area contributed by atoms with Gasteiger partial charge in [-0.1, -0.05) is 11.3 Å². The van der Waals surface area contributed by atoms with Gasteiger partial charge >= 0.3 is 5.97 Å². The highest BCUT2D eigenvalue weighted by molar-refractivity contribution is 7.17. The van der Waals surface area contributed by atoms with E-state index >= 15 is 0 Å². The van der Waals surface area contributed by atoms with E-state index < -0.39 is 0 Å². The largest absolute Gasteiger partial charge is 0.462 e. The van der Waals surface area contributed by atoms with Crippen LogP contribution in [-0.4, -0.2) is 92.0 Å². The Balaban J connectivity index is 1.58. The molecule has 0 bridgehead atoms. The molecule has 11 heteroatoms. The molecule has 2 aromatic heterocycles. The third kappa shape index (κ3) is 5.71. The number of ether oxygens (including phenoxy) is 2. The Hall–Kier alpha value is -2.50. The predicted molar refractivity (Wildman–Crippen MR) is 130 cm³/mol. The lowest BCUT2D eigenvalue weighted by atomic mass is 10.0. The Morgan fingerprint density at radius 2 is 1.79 bits per heavy atom. The molecule has 2 aliphatic rings. The number of thiazole rings is 1. The third-order valence-corrected chi connectivity index (χ3v) is 7.08. The number of hydrogen-bond acceptors (Lipinski definition) is 11. The Morgan fingerprint density at radius 3 is 2.39 bits per heavy atom. The van der Waals surface area contributed by atoms with Crippen molar-refractivity contribution < 1.29 is 14.3 Å². The van der Waals surface area contributed by atoms with Crippen LogP contribution in [0.5, 0.6) is 0 Å². The van der Waals surface area contributed by atoms with E-state index in [2.05, 4.69) is 45.2 Å². The van der Waals surface area contributed by atoms with E-state index in [1.54, 1.807) is 13.8 Å². The minimum absolute atomic E-state index is 0.331. The molecular formula is C22H33N7O3S. The van der Waals surface area contributed by atoms with E-state index in [4.69, 9.17) is 19.4 Å². The van der Waals surface area contributed by atoms with Crippen molar-refractivity contribution in [2.75, 3.05) is 75.2 Å². The average Bonchev–Trinajstić information content (AvgIpc) is 3.19. The van der Waals surface area contributed by atoms with Crippen molar-refractivity contribution in [1.82, 2.24) is 19.9 Å². The van der Waals surface area contributed by atoms with Crippen molar-refractivity contribution in [1.29, 1.82) is 0 Å². The Bertz CT molecular complexity index is 953. The standard InChI is InChI=1S/C22H33N7O3S/c1-5-32-20(30)19-15(2)23-22(33-19)26-21-24-17(28-8-6-16(7-9-28)27(3)4)14-18(25-21)29-10-12-31-13-11-29/h14,16H,5-13H2,1-4H3,(H,23,24,25,26). The van der Waals surface area contributed by atoms with E-state index in [0.29, 0.717) is 47.5 Å². The monoisotopic (exact) mass is 475 g/mol. The van der Waals surface area contributed by atoms with Crippen LogP contribution in [0.3, 0.4) is 0 Å². The molecule has 0 radical (unpaired) electrons. The zero-order valence-corrected chi connectivity index (χ0v) is 20.7. The number of esters is 1. The summed E-state index contributed by atoms with van der Waals surface area (Å²) >= 11 is 1.26. The van der Waals surface area contributed by atoms with Crippen molar-refractivity contribution in [3.63, 3.8) is 0 Å². The Kier molecular flexibility index (Phi) is 7.61. The summed E-state index contributed by atoms with van der Waals surface area (Å²) in [4.78, 5) is 33.6. The minimum Gasteiger partial charge on any atom is -0.462 e. The SMILES string of the molecule is CCOC(=O)c1sc(Nc2nc(N3CCOCC3)cc(N3CCC(N(C)C)CC3)n2)nc1C. The molecular weight excluding hydrogens is 442 g/mol. The summed E-state index contributed by atoms with van der Waals surface area (Å²) in [6.07, 6.45) is 2.20. The van der Waals surface area contributed by atoms with Gasteiger partial charge in [0.05, 0.1) is 25.5 Å². The molecule has 2 aliphatic heterocycles. The highest BCUT2D eigenvalue weighted by Gasteiger charge is 2.24. The third-order valence-electron chi connectivity index (χ3n) is 6.03. The lowest BCUT2D eigenvalue weighted by Crippen LogP contribution is -2.42. The van der Waals surface area contributed by atoms with Crippen LogP contribution >= 0.6 is 11.3 Å². The molecule has 2 fully saturated rings. The number of carbonyl (C=O) groups excluding carboxylic acids is 1. The van der Waals surface area contributed by atoms with Gasteiger partial charge in [-0.05, 0) is 40.8 Å². The van der Waals surface area contributed by atoms with Gasteiger partial charge in [-0.3, -0.25) is 5.32 Å². The maximum absolute atomic E-state index is 12.2. The maximum atomic E-state index is 12.2. The Labute approximate surface area is 198 Å². The van der Waals surface area contributed by atoms with E-state index in [-0.39, 0.29) is 5.97 Å². The van der Waals surface area contributed by atoms with Gasteiger partial charge in [0.25, 0.3) is 0 Å². The molecule has 0 aliphatic carbocycles. The highest BCUT2D eigenvalue weighted by atomic mass is 32.1. The molecule has 0 saturated carbocycles. The quantitative estimate of drug-likeness (QED) is 0.602. The van der Waals surface area contributed by atoms with Crippen LogP contribution in [0.1, 0.15) is 35.1 Å². The molecule has 0 atom stereocenters. The lowest BCUT2D eigenvalue weighted by Gasteiger charge is -2.36. The molecule has 180 valence electrons. The van der Waals surface area contributed by atoms with E-state index in [1.807, 2.05) is 0 Å². The van der Waals surface area contributed by atoms with E-state index in [9.17, 15) is 4.79 Å². The number of nitrogens with one attached hydrogen (secondary N) is 1. The van der Waals surface area contributed by atoms with Crippen LogP contribution in [0.4, 0.5) is 22.7 Å². The van der Waals surface area contributed by atoms with Crippen LogP contribution in [0.2, 0.25) is 0 Å². The molecule has 0 unspecified atom stereocenters. The summed E-state index contributed by atoms with van der Waals surface area (Å²) in [5, 5.41) is 3.81. The fourth-order valence-electron chi connectivity index (χ4n) is 4.14. The second-order valence-electron chi connectivity index (χ2n) is 8.47. The number of nitrogens with zero attached hydrogens (tertiary/aromatic N) is 6. The second kappa shape index (κ2) is 10.6. The summed E-state index contributed by atoms with van der Waals surface area (Å²) in [6.45, 7) is 8.79. The summed E-state index contributed by atoms with van der Waals surface area (Å²) < 4.78 is 10.7. The molecule has 4 heterocycles. The predicted octanol–water partition coefficient (Wildman–Crippen LogP) is 2.53. The minimum atomic E-state index is -0.354. The second-order valence-corrected chi connectivity index (χ2v) is 9.47. The van der Waals surface area contributed by atoms with Gasteiger partial charge in [-0.2, -0.15) is 9.97 Å². The van der Waals surface area contributed by atoms with Gasteiger partial charge in [0, 0.05) is 38.3 Å². The Morgan fingerprint density at radius 1 is 1.15 bits per heavy atom. The first-order valence-corrected chi connectivity index (χ1v) is 12.3. The number of carbonyl (C=O) groups is 1. The van der Waals surface area contributed by atoms with Crippen LogP contribution in [-0.2, 0) is 9.47 Å². The molecule has 4 rings (SSSR count). The first kappa shape index (κ1) is 23.7. The molecule has 0 amide bonds. The van der Waals surface area contributed by atoms with Crippen molar-refractivity contribution in [2.45, 2.75) is 32.7 Å². The van der Waals surface area contributed by atoms with Gasteiger partial charge in [0.15, 0.2) is 5.13 Å². The van der Waals surface area contributed by atoms with Gasteiger partial charge in [0.1, 0.15) is 16.5 Å². The van der Waals surface area contributed by atoms with E-state index in [0.717, 1.165) is 50.7 Å². The number of piperidine rings is 1. The summed E-state index contributed by atoms with van der Waals surface area (Å²) in [5.74, 6) is 1.91. The highest BCUT2D eigenvalue weighted by Crippen LogP contribution is 2.29. The first-order valence-electron chi connectivity index (χ1n) is 11.5. The van der Waals surface area contributed by atoms with Crippen molar-refractivity contribution in [3.05, 3.63) is 16.6 Å². The van der Waals surface area contributed by atoms with Crippen LogP contribution in [0, 0.1) is 6.92 Å². The number of anilines is 4. The first-order chi connectivity index (χ1) is 15.9. The molecule has 2 aromatic rings. The fraction of sp³-hybridized carbons (Fsp3) is 0.636. The molecule has 2 saturated heterocycles. The van der Waals surface area contributed by atoms with E-state index in [1.165, 1.54) is 11.3 Å². The summed E-state index contributed by atoms with van der Waals surface area (Å²) in [5.41, 5.74) is 0.635. The van der Waals surface area contributed by atoms with Gasteiger partial charge in [-0.25, -0.2) is 9.78 Å². The van der Waals surface area contributed by atoms with Crippen LogP contribution in [0.25, 0.3) is 0 Å². The number of morpholine rings is 1.